The number of rotatable bonds is 4. The third kappa shape index (κ3) is 2.14. The summed E-state index contributed by atoms with van der Waals surface area (Å²) in [4.78, 5) is 13.5. The van der Waals surface area contributed by atoms with E-state index in [1.165, 1.54) is 11.3 Å². The average Bonchev–Trinajstić information content (AvgIpc) is 2.71. The fraction of sp³-hybridized carbons (Fsp3) is 0.500. The van der Waals surface area contributed by atoms with Gasteiger partial charge in [-0.2, -0.15) is 0 Å². The Labute approximate surface area is 102 Å². The van der Waals surface area contributed by atoms with E-state index in [2.05, 4.69) is 24.0 Å². The first-order valence-electron chi connectivity index (χ1n) is 6.28. The highest BCUT2D eigenvalue weighted by molar-refractivity contribution is 5.76. The Balaban J connectivity index is 2.32. The number of nitrogens with zero attached hydrogens (tertiary/aromatic N) is 1. The number of carboxylic acid groups (broad SMARTS) is 1. The monoisotopic (exact) mass is 233 g/mol. The molecule has 0 saturated carbocycles. The Bertz CT molecular complexity index is 428. The molecule has 1 aliphatic rings. The van der Waals surface area contributed by atoms with Crippen LogP contribution in [0, 0.1) is 0 Å². The molecule has 1 heterocycles. The van der Waals surface area contributed by atoms with E-state index >= 15 is 0 Å². The highest BCUT2D eigenvalue weighted by Gasteiger charge is 2.22. The highest BCUT2D eigenvalue weighted by Crippen LogP contribution is 2.31. The molecule has 0 aliphatic carbocycles. The summed E-state index contributed by atoms with van der Waals surface area (Å²) in [5, 5.41) is 9.16. The second-order valence-corrected chi connectivity index (χ2v) is 4.52. The van der Waals surface area contributed by atoms with Crippen LogP contribution in [-0.4, -0.2) is 24.2 Å². The Morgan fingerprint density at radius 2 is 2.24 bits per heavy atom. The molecule has 0 radical (unpaired) electrons. The molecule has 3 heteroatoms. The maximum atomic E-state index is 11.1. The lowest BCUT2D eigenvalue weighted by molar-refractivity contribution is -0.138. The van der Waals surface area contributed by atoms with E-state index in [9.17, 15) is 4.79 Å². The standard InChI is InChI=1S/C14H19NO2/c1-3-12(14(16)17)10-5-6-13-11(9-10)7-8-15(13)4-2/h5-6,9,12H,3-4,7-8H2,1-2H3,(H,16,17). The highest BCUT2D eigenvalue weighted by atomic mass is 16.4. The van der Waals surface area contributed by atoms with E-state index in [1.807, 2.05) is 13.0 Å². The van der Waals surface area contributed by atoms with Crippen LogP contribution >= 0.6 is 0 Å². The van der Waals surface area contributed by atoms with Gasteiger partial charge in [-0.1, -0.05) is 19.1 Å². The van der Waals surface area contributed by atoms with Crippen LogP contribution in [0.5, 0.6) is 0 Å². The molecule has 17 heavy (non-hydrogen) atoms. The lowest BCUT2D eigenvalue weighted by atomic mass is 9.94. The predicted octanol–water partition coefficient (Wildman–Crippen LogP) is 2.65. The molecule has 92 valence electrons. The minimum atomic E-state index is -0.724. The quantitative estimate of drug-likeness (QED) is 0.869. The van der Waals surface area contributed by atoms with Gasteiger partial charge in [0.15, 0.2) is 0 Å². The second kappa shape index (κ2) is 4.78. The van der Waals surface area contributed by atoms with Crippen molar-refractivity contribution in [3.05, 3.63) is 29.3 Å². The first kappa shape index (κ1) is 12.0. The first-order valence-corrected chi connectivity index (χ1v) is 6.28. The van der Waals surface area contributed by atoms with E-state index in [4.69, 9.17) is 5.11 Å². The molecule has 0 bridgehead atoms. The molecule has 2 rings (SSSR count). The second-order valence-electron chi connectivity index (χ2n) is 4.52. The van der Waals surface area contributed by atoms with Crippen LogP contribution < -0.4 is 4.90 Å². The van der Waals surface area contributed by atoms with Crippen molar-refractivity contribution < 1.29 is 9.90 Å². The van der Waals surface area contributed by atoms with Gasteiger partial charge in [0.05, 0.1) is 5.92 Å². The Kier molecular flexibility index (Phi) is 3.36. The van der Waals surface area contributed by atoms with Gasteiger partial charge in [-0.05, 0) is 37.0 Å². The van der Waals surface area contributed by atoms with E-state index < -0.39 is 5.97 Å². The van der Waals surface area contributed by atoms with Crippen LogP contribution in [0.15, 0.2) is 18.2 Å². The van der Waals surface area contributed by atoms with Crippen LogP contribution in [0.2, 0.25) is 0 Å². The van der Waals surface area contributed by atoms with Crippen LogP contribution in [0.1, 0.15) is 37.3 Å². The number of carbonyl (C=O) groups is 1. The summed E-state index contributed by atoms with van der Waals surface area (Å²) < 4.78 is 0. The van der Waals surface area contributed by atoms with E-state index in [1.54, 1.807) is 0 Å². The molecule has 0 aromatic heterocycles. The molecule has 3 nitrogen and oxygen atoms in total. The summed E-state index contributed by atoms with van der Waals surface area (Å²) in [5.74, 6) is -1.09. The van der Waals surface area contributed by atoms with E-state index in [0.29, 0.717) is 6.42 Å². The number of likely N-dealkylation sites (N-methyl/N-ethyl adjacent to an activating group) is 1. The third-order valence-electron chi connectivity index (χ3n) is 3.59. The molecule has 0 fully saturated rings. The van der Waals surface area contributed by atoms with Gasteiger partial charge < -0.3 is 10.0 Å². The molecule has 0 spiro atoms. The van der Waals surface area contributed by atoms with Gasteiger partial charge in [0, 0.05) is 18.8 Å². The molecule has 1 atom stereocenters. The lowest BCUT2D eigenvalue weighted by Crippen LogP contribution is -2.19. The molecule has 0 amide bonds. The molecule has 1 aromatic rings. The average molecular weight is 233 g/mol. The maximum absolute atomic E-state index is 11.1. The zero-order valence-corrected chi connectivity index (χ0v) is 10.4. The first-order chi connectivity index (χ1) is 8.17. The molecule has 1 aliphatic heterocycles. The number of hydrogen-bond acceptors (Lipinski definition) is 2. The summed E-state index contributed by atoms with van der Waals surface area (Å²) in [6, 6.07) is 6.12. The summed E-state index contributed by atoms with van der Waals surface area (Å²) in [5.41, 5.74) is 3.51. The van der Waals surface area contributed by atoms with Gasteiger partial charge >= 0.3 is 5.97 Å². The molecular formula is C14H19NO2. The number of anilines is 1. The fourth-order valence-electron chi connectivity index (χ4n) is 2.59. The van der Waals surface area contributed by atoms with E-state index in [0.717, 1.165) is 25.1 Å². The third-order valence-corrected chi connectivity index (χ3v) is 3.59. The van der Waals surface area contributed by atoms with Gasteiger partial charge in [-0.25, -0.2) is 0 Å². The smallest absolute Gasteiger partial charge is 0.310 e. The SMILES string of the molecule is CCC(C(=O)O)c1ccc2c(c1)CCN2CC. The largest absolute Gasteiger partial charge is 0.481 e. The summed E-state index contributed by atoms with van der Waals surface area (Å²) >= 11 is 0. The predicted molar refractivity (Wildman–Crippen MR) is 68.7 cm³/mol. The molecular weight excluding hydrogens is 214 g/mol. The van der Waals surface area contributed by atoms with Crippen LogP contribution in [-0.2, 0) is 11.2 Å². The minimum absolute atomic E-state index is 0.365. The Morgan fingerprint density at radius 1 is 1.47 bits per heavy atom. The van der Waals surface area contributed by atoms with Crippen molar-refractivity contribution in [1.29, 1.82) is 0 Å². The van der Waals surface area contributed by atoms with Crippen molar-refractivity contribution in [3.63, 3.8) is 0 Å². The normalized spacial score (nSPS) is 15.8. The van der Waals surface area contributed by atoms with Gasteiger partial charge in [-0.3, -0.25) is 4.79 Å². The molecule has 0 saturated heterocycles. The number of fused-ring (bicyclic) bond motifs is 1. The van der Waals surface area contributed by atoms with Crippen molar-refractivity contribution in [2.45, 2.75) is 32.6 Å². The summed E-state index contributed by atoms with van der Waals surface area (Å²) in [6.07, 6.45) is 1.68. The van der Waals surface area contributed by atoms with Crippen molar-refractivity contribution in [3.8, 4) is 0 Å². The Morgan fingerprint density at radius 3 is 2.82 bits per heavy atom. The van der Waals surface area contributed by atoms with Gasteiger partial charge in [0.1, 0.15) is 0 Å². The van der Waals surface area contributed by atoms with Crippen molar-refractivity contribution in [2.24, 2.45) is 0 Å². The topological polar surface area (TPSA) is 40.5 Å². The van der Waals surface area contributed by atoms with Gasteiger partial charge in [0.25, 0.3) is 0 Å². The lowest BCUT2D eigenvalue weighted by Gasteiger charge is -2.17. The minimum Gasteiger partial charge on any atom is -0.481 e. The molecule has 1 unspecified atom stereocenters. The molecule has 1 aromatic carbocycles. The zero-order valence-electron chi connectivity index (χ0n) is 10.4. The van der Waals surface area contributed by atoms with Gasteiger partial charge in [-0.15, -0.1) is 0 Å². The summed E-state index contributed by atoms with van der Waals surface area (Å²) in [7, 11) is 0. The number of hydrogen-bond donors (Lipinski definition) is 1. The zero-order chi connectivity index (χ0) is 12.4. The number of carboxylic acids is 1. The maximum Gasteiger partial charge on any atom is 0.310 e. The molecule has 1 N–H and O–H groups in total. The van der Waals surface area contributed by atoms with Crippen molar-refractivity contribution in [1.82, 2.24) is 0 Å². The van der Waals surface area contributed by atoms with Crippen LogP contribution in [0.25, 0.3) is 0 Å². The summed E-state index contributed by atoms with van der Waals surface area (Å²) in [6.45, 7) is 6.14. The van der Waals surface area contributed by atoms with Crippen LogP contribution in [0.3, 0.4) is 0 Å². The number of benzene rings is 1. The Hall–Kier alpha value is -1.51. The van der Waals surface area contributed by atoms with Crippen molar-refractivity contribution >= 4 is 11.7 Å². The number of aliphatic carboxylic acids is 1. The van der Waals surface area contributed by atoms with Crippen LogP contribution in [0.4, 0.5) is 5.69 Å². The van der Waals surface area contributed by atoms with E-state index in [-0.39, 0.29) is 5.92 Å². The van der Waals surface area contributed by atoms with Crippen molar-refractivity contribution in [2.75, 3.05) is 18.0 Å². The fourth-order valence-corrected chi connectivity index (χ4v) is 2.59. The van der Waals surface area contributed by atoms with Gasteiger partial charge in [0.2, 0.25) is 0 Å².